The van der Waals surface area contributed by atoms with Crippen molar-refractivity contribution in [2.45, 2.75) is 44.6 Å². The number of rotatable bonds is 4. The molecule has 1 saturated carbocycles. The fourth-order valence-electron chi connectivity index (χ4n) is 3.18. The van der Waals surface area contributed by atoms with Gasteiger partial charge in [0, 0.05) is 17.0 Å². The van der Waals surface area contributed by atoms with Gasteiger partial charge >= 0.3 is 0 Å². The van der Waals surface area contributed by atoms with Crippen LogP contribution < -0.4 is 11.1 Å². The minimum Gasteiger partial charge on any atom is -0.325 e. The van der Waals surface area contributed by atoms with Gasteiger partial charge in [-0.15, -0.1) is 10.2 Å². The Bertz CT molecular complexity index is 731. The Morgan fingerprint density at radius 1 is 1.46 bits per heavy atom. The highest BCUT2D eigenvalue weighted by Crippen LogP contribution is 2.32. The molecule has 2 atom stereocenters. The number of benzene rings is 1. The lowest BCUT2D eigenvalue weighted by Crippen LogP contribution is -2.51. The van der Waals surface area contributed by atoms with Crippen LogP contribution in [0.4, 0.5) is 5.13 Å². The number of hydrogen-bond donors (Lipinski definition) is 2. The van der Waals surface area contributed by atoms with Gasteiger partial charge in [-0.05, 0) is 37.5 Å². The smallest absolute Gasteiger partial charge is 0.231 e. The molecular formula is C17H21ClN4OS. The Morgan fingerprint density at radius 3 is 3.04 bits per heavy atom. The van der Waals surface area contributed by atoms with Gasteiger partial charge in [-0.25, -0.2) is 0 Å². The van der Waals surface area contributed by atoms with Crippen LogP contribution in [0.1, 0.15) is 43.2 Å². The summed E-state index contributed by atoms with van der Waals surface area (Å²) in [6, 6.07) is 7.65. The van der Waals surface area contributed by atoms with E-state index in [0.717, 1.165) is 36.3 Å². The first-order valence-corrected chi connectivity index (χ1v) is 9.30. The predicted molar refractivity (Wildman–Crippen MR) is 97.3 cm³/mol. The summed E-state index contributed by atoms with van der Waals surface area (Å²) in [5, 5.41) is 13.2. The van der Waals surface area contributed by atoms with Gasteiger partial charge in [0.2, 0.25) is 11.0 Å². The van der Waals surface area contributed by atoms with E-state index in [1.165, 1.54) is 11.3 Å². The van der Waals surface area contributed by atoms with Gasteiger partial charge in [0.15, 0.2) is 0 Å². The van der Waals surface area contributed by atoms with Crippen molar-refractivity contribution >= 4 is 34.0 Å². The van der Waals surface area contributed by atoms with Crippen LogP contribution >= 0.6 is 22.9 Å². The first kappa shape index (κ1) is 17.3. The highest BCUT2D eigenvalue weighted by atomic mass is 35.5. The molecule has 2 unspecified atom stereocenters. The molecule has 1 aromatic carbocycles. The lowest BCUT2D eigenvalue weighted by molar-refractivity contribution is -0.122. The number of amides is 1. The molecule has 7 heteroatoms. The molecule has 1 amide bonds. The summed E-state index contributed by atoms with van der Waals surface area (Å²) < 4.78 is 0. The summed E-state index contributed by atoms with van der Waals surface area (Å²) in [7, 11) is 0. The normalized spacial score (nSPS) is 23.9. The molecule has 1 heterocycles. The van der Waals surface area contributed by atoms with Crippen LogP contribution in [0.3, 0.4) is 0 Å². The van der Waals surface area contributed by atoms with E-state index in [-0.39, 0.29) is 11.8 Å². The van der Waals surface area contributed by atoms with Crippen LogP contribution in [0.25, 0.3) is 0 Å². The number of halogens is 1. The van der Waals surface area contributed by atoms with Crippen LogP contribution in [-0.4, -0.2) is 21.6 Å². The highest BCUT2D eigenvalue weighted by molar-refractivity contribution is 7.15. The fourth-order valence-corrected chi connectivity index (χ4v) is 4.17. The molecule has 1 fully saturated rings. The van der Waals surface area contributed by atoms with Crippen molar-refractivity contribution in [1.82, 2.24) is 10.2 Å². The summed E-state index contributed by atoms with van der Waals surface area (Å²) in [6.45, 7) is 1.96. The Kier molecular flexibility index (Phi) is 5.18. The van der Waals surface area contributed by atoms with Crippen molar-refractivity contribution in [3.05, 3.63) is 39.9 Å². The van der Waals surface area contributed by atoms with Gasteiger partial charge in [-0.2, -0.15) is 0 Å². The number of nitrogens with one attached hydrogen (secondary N) is 1. The van der Waals surface area contributed by atoms with Gasteiger partial charge in [0.05, 0.1) is 5.92 Å². The third kappa shape index (κ3) is 4.12. The van der Waals surface area contributed by atoms with Gasteiger partial charge < -0.3 is 11.1 Å². The molecule has 0 spiro atoms. The van der Waals surface area contributed by atoms with E-state index < -0.39 is 5.54 Å². The Balaban J connectivity index is 1.64. The van der Waals surface area contributed by atoms with E-state index in [4.69, 9.17) is 17.3 Å². The molecule has 24 heavy (non-hydrogen) atoms. The zero-order valence-electron chi connectivity index (χ0n) is 13.6. The van der Waals surface area contributed by atoms with E-state index in [1.807, 2.05) is 31.2 Å². The van der Waals surface area contributed by atoms with Crippen LogP contribution in [0.5, 0.6) is 0 Å². The SMILES string of the molecule is CC1(N)CCCCC1C(=O)Nc1nnc(Cc2cccc(Cl)c2)s1. The third-order valence-electron chi connectivity index (χ3n) is 4.51. The summed E-state index contributed by atoms with van der Waals surface area (Å²) in [5.74, 6) is -0.225. The molecule has 128 valence electrons. The zero-order chi connectivity index (χ0) is 17.2. The Hall–Kier alpha value is -1.50. The maximum absolute atomic E-state index is 12.5. The molecule has 2 aromatic rings. The number of aromatic nitrogens is 2. The van der Waals surface area contributed by atoms with Crippen molar-refractivity contribution in [3.8, 4) is 0 Å². The second-order valence-electron chi connectivity index (χ2n) is 6.60. The topological polar surface area (TPSA) is 80.9 Å². The molecule has 0 radical (unpaired) electrons. The average Bonchev–Trinajstić information content (AvgIpc) is 2.93. The summed E-state index contributed by atoms with van der Waals surface area (Å²) in [6.07, 6.45) is 4.47. The first-order valence-electron chi connectivity index (χ1n) is 8.10. The van der Waals surface area contributed by atoms with E-state index in [1.54, 1.807) is 0 Å². The quantitative estimate of drug-likeness (QED) is 0.868. The number of nitrogens with two attached hydrogens (primary N) is 1. The molecule has 3 N–H and O–H groups in total. The molecule has 1 aliphatic carbocycles. The summed E-state index contributed by atoms with van der Waals surface area (Å²) in [5.41, 5.74) is 6.91. The van der Waals surface area contributed by atoms with Crippen molar-refractivity contribution in [1.29, 1.82) is 0 Å². The van der Waals surface area contributed by atoms with Crippen molar-refractivity contribution < 1.29 is 4.79 Å². The number of carbonyl (C=O) groups is 1. The molecule has 1 aromatic heterocycles. The minimum atomic E-state index is -0.448. The highest BCUT2D eigenvalue weighted by Gasteiger charge is 2.38. The van der Waals surface area contributed by atoms with Crippen LogP contribution in [-0.2, 0) is 11.2 Å². The van der Waals surface area contributed by atoms with Gasteiger partial charge in [-0.1, -0.05) is 47.9 Å². The number of anilines is 1. The molecule has 0 aliphatic heterocycles. The molecule has 1 aliphatic rings. The third-order valence-corrected chi connectivity index (χ3v) is 5.59. The molecule has 5 nitrogen and oxygen atoms in total. The second-order valence-corrected chi connectivity index (χ2v) is 8.10. The van der Waals surface area contributed by atoms with Gasteiger partial charge in [0.25, 0.3) is 0 Å². The second kappa shape index (κ2) is 7.17. The molecule has 0 bridgehead atoms. The Morgan fingerprint density at radius 2 is 2.29 bits per heavy atom. The van der Waals surface area contributed by atoms with Crippen LogP contribution in [0.15, 0.2) is 24.3 Å². The van der Waals surface area contributed by atoms with Crippen molar-refractivity contribution in [2.24, 2.45) is 11.7 Å². The van der Waals surface area contributed by atoms with E-state index in [9.17, 15) is 4.79 Å². The van der Waals surface area contributed by atoms with E-state index >= 15 is 0 Å². The van der Waals surface area contributed by atoms with Gasteiger partial charge in [0.1, 0.15) is 5.01 Å². The lowest BCUT2D eigenvalue weighted by Gasteiger charge is -2.36. The number of nitrogens with zero attached hydrogens (tertiary/aromatic N) is 2. The number of hydrogen-bond acceptors (Lipinski definition) is 5. The largest absolute Gasteiger partial charge is 0.325 e. The van der Waals surface area contributed by atoms with E-state index in [2.05, 4.69) is 15.5 Å². The Labute approximate surface area is 150 Å². The maximum atomic E-state index is 12.5. The van der Waals surface area contributed by atoms with E-state index in [0.29, 0.717) is 16.6 Å². The molecule has 0 saturated heterocycles. The standard InChI is InChI=1S/C17H21ClN4OS/c1-17(19)8-3-2-7-13(17)15(23)20-16-22-21-14(24-16)10-11-5-4-6-12(18)9-11/h4-6,9,13H,2-3,7-8,10,19H2,1H3,(H,20,22,23). The first-order chi connectivity index (χ1) is 11.4. The van der Waals surface area contributed by atoms with Crippen molar-refractivity contribution in [2.75, 3.05) is 5.32 Å². The van der Waals surface area contributed by atoms with Crippen LogP contribution in [0, 0.1) is 5.92 Å². The predicted octanol–water partition coefficient (Wildman–Crippen LogP) is 3.63. The number of carbonyl (C=O) groups excluding carboxylic acids is 1. The zero-order valence-corrected chi connectivity index (χ0v) is 15.2. The summed E-state index contributed by atoms with van der Waals surface area (Å²) >= 11 is 7.38. The maximum Gasteiger partial charge on any atom is 0.231 e. The monoisotopic (exact) mass is 364 g/mol. The lowest BCUT2D eigenvalue weighted by atomic mass is 9.74. The molecule has 3 rings (SSSR count). The average molecular weight is 365 g/mol. The van der Waals surface area contributed by atoms with Gasteiger partial charge in [-0.3, -0.25) is 4.79 Å². The minimum absolute atomic E-state index is 0.0508. The van der Waals surface area contributed by atoms with Crippen LogP contribution in [0.2, 0.25) is 5.02 Å². The fraction of sp³-hybridized carbons (Fsp3) is 0.471. The van der Waals surface area contributed by atoms with Crippen molar-refractivity contribution in [3.63, 3.8) is 0 Å². The summed E-state index contributed by atoms with van der Waals surface area (Å²) in [4.78, 5) is 12.5. The molecular weight excluding hydrogens is 344 g/mol.